The number of aromatic nitrogens is 2. The molecule has 0 aliphatic heterocycles. The Labute approximate surface area is 149 Å². The van der Waals surface area contributed by atoms with Gasteiger partial charge in [-0.3, -0.25) is 0 Å². The van der Waals surface area contributed by atoms with Gasteiger partial charge in [-0.05, 0) is 19.3 Å². The lowest BCUT2D eigenvalue weighted by atomic mass is 9.93. The quantitative estimate of drug-likeness (QED) is 0.859. The molecule has 25 heavy (non-hydrogen) atoms. The molecule has 1 aliphatic carbocycles. The molecule has 0 fully saturated rings. The Morgan fingerprint density at radius 1 is 1.20 bits per heavy atom. The summed E-state index contributed by atoms with van der Waals surface area (Å²) in [6, 6.07) is 9.56. The second-order valence-corrected chi connectivity index (χ2v) is 7.82. The van der Waals surface area contributed by atoms with Crippen molar-refractivity contribution in [2.75, 3.05) is 13.1 Å². The molecule has 1 aromatic heterocycles. The molecule has 0 spiro atoms. The minimum Gasteiger partial charge on any atom is -0.236 e. The molecule has 1 heterocycles. The van der Waals surface area contributed by atoms with E-state index in [2.05, 4.69) is 14.7 Å². The van der Waals surface area contributed by atoms with E-state index in [1.165, 1.54) is 4.31 Å². The van der Waals surface area contributed by atoms with Crippen LogP contribution in [0.3, 0.4) is 0 Å². The van der Waals surface area contributed by atoms with Gasteiger partial charge in [0.25, 0.3) is 10.2 Å². The molecule has 0 radical (unpaired) electrons. The fraction of sp³-hybridized carbons (Fsp3) is 0.444. The van der Waals surface area contributed by atoms with E-state index in [4.69, 9.17) is 0 Å². The van der Waals surface area contributed by atoms with Crippen LogP contribution in [-0.4, -0.2) is 35.8 Å². The van der Waals surface area contributed by atoms with E-state index in [0.717, 1.165) is 36.1 Å². The third-order valence-corrected chi connectivity index (χ3v) is 6.33. The maximum atomic E-state index is 12.5. The summed E-state index contributed by atoms with van der Waals surface area (Å²) in [6.07, 6.45) is 4.30. The molecule has 134 valence electrons. The molecule has 0 saturated heterocycles. The topological polar surface area (TPSA) is 75.2 Å². The van der Waals surface area contributed by atoms with Crippen molar-refractivity contribution in [2.45, 2.75) is 39.2 Å². The molecule has 2 aromatic rings. The summed E-state index contributed by atoms with van der Waals surface area (Å²) >= 11 is 0. The Morgan fingerprint density at radius 3 is 2.60 bits per heavy atom. The summed E-state index contributed by atoms with van der Waals surface area (Å²) in [4.78, 5) is 9.16. The lowest BCUT2D eigenvalue weighted by molar-refractivity contribution is 0.416. The minimum absolute atomic E-state index is 0.265. The van der Waals surface area contributed by atoms with Gasteiger partial charge >= 0.3 is 0 Å². The number of hydrogen-bond acceptors (Lipinski definition) is 4. The van der Waals surface area contributed by atoms with Crippen molar-refractivity contribution >= 4 is 10.2 Å². The van der Waals surface area contributed by atoms with Gasteiger partial charge in [0, 0.05) is 36.1 Å². The third-order valence-electron chi connectivity index (χ3n) is 4.55. The van der Waals surface area contributed by atoms with E-state index in [9.17, 15) is 8.42 Å². The number of nitrogens with one attached hydrogen (secondary N) is 1. The first kappa shape index (κ1) is 18.0. The van der Waals surface area contributed by atoms with Crippen molar-refractivity contribution in [2.24, 2.45) is 0 Å². The van der Waals surface area contributed by atoms with E-state index in [-0.39, 0.29) is 6.04 Å². The molecule has 0 amide bonds. The summed E-state index contributed by atoms with van der Waals surface area (Å²) in [5.74, 6) is 0.687. The van der Waals surface area contributed by atoms with Crippen LogP contribution >= 0.6 is 0 Å². The van der Waals surface area contributed by atoms with E-state index in [0.29, 0.717) is 18.9 Å². The number of aryl methyl sites for hydroxylation is 1. The van der Waals surface area contributed by atoms with Gasteiger partial charge in [-0.15, -0.1) is 0 Å². The average molecular weight is 360 g/mol. The highest BCUT2D eigenvalue weighted by atomic mass is 32.2. The van der Waals surface area contributed by atoms with Gasteiger partial charge in [0.2, 0.25) is 0 Å². The van der Waals surface area contributed by atoms with Crippen LogP contribution < -0.4 is 4.72 Å². The zero-order valence-electron chi connectivity index (χ0n) is 14.6. The van der Waals surface area contributed by atoms with Crippen LogP contribution in [0, 0.1) is 0 Å². The highest BCUT2D eigenvalue weighted by Crippen LogP contribution is 2.30. The fourth-order valence-electron chi connectivity index (χ4n) is 3.21. The third kappa shape index (κ3) is 3.89. The van der Waals surface area contributed by atoms with Crippen LogP contribution in [0.2, 0.25) is 0 Å². The summed E-state index contributed by atoms with van der Waals surface area (Å²) in [7, 11) is -3.50. The highest BCUT2D eigenvalue weighted by molar-refractivity contribution is 7.87. The summed E-state index contributed by atoms with van der Waals surface area (Å²) in [5, 5.41) is 0. The molecule has 1 aromatic carbocycles. The number of benzene rings is 1. The molecule has 1 aliphatic rings. The lowest BCUT2D eigenvalue weighted by Gasteiger charge is -2.28. The van der Waals surface area contributed by atoms with Crippen molar-refractivity contribution in [3.8, 4) is 11.4 Å². The molecule has 0 bridgehead atoms. The van der Waals surface area contributed by atoms with Crippen LogP contribution in [0.5, 0.6) is 0 Å². The van der Waals surface area contributed by atoms with Gasteiger partial charge < -0.3 is 0 Å². The molecule has 1 N–H and O–H groups in total. The number of nitrogens with zero attached hydrogens (tertiary/aromatic N) is 3. The Kier molecular flexibility index (Phi) is 5.46. The second-order valence-electron chi connectivity index (χ2n) is 6.11. The number of fused-ring (bicyclic) bond motifs is 1. The van der Waals surface area contributed by atoms with Crippen molar-refractivity contribution in [1.29, 1.82) is 0 Å². The normalized spacial score (nSPS) is 17.5. The first-order chi connectivity index (χ1) is 12.0. The zero-order valence-corrected chi connectivity index (χ0v) is 15.5. The Bertz CT molecular complexity index is 820. The Balaban J connectivity index is 1.88. The van der Waals surface area contributed by atoms with Crippen LogP contribution in [0.25, 0.3) is 11.4 Å². The van der Waals surface area contributed by atoms with Gasteiger partial charge in [0.15, 0.2) is 5.82 Å². The molecule has 6 nitrogen and oxygen atoms in total. The predicted molar refractivity (Wildman–Crippen MR) is 98.1 cm³/mol. The lowest BCUT2D eigenvalue weighted by Crippen LogP contribution is -2.43. The smallest absolute Gasteiger partial charge is 0.236 e. The number of hydrogen-bond donors (Lipinski definition) is 1. The van der Waals surface area contributed by atoms with Crippen molar-refractivity contribution in [3.05, 3.63) is 47.8 Å². The number of rotatable bonds is 6. The van der Waals surface area contributed by atoms with Gasteiger partial charge in [0.05, 0.1) is 6.04 Å². The molecule has 7 heteroatoms. The molecule has 1 unspecified atom stereocenters. The average Bonchev–Trinajstić information content (AvgIpc) is 2.63. The first-order valence-corrected chi connectivity index (χ1v) is 10.2. The first-order valence-electron chi connectivity index (χ1n) is 8.73. The van der Waals surface area contributed by atoms with Gasteiger partial charge in [-0.1, -0.05) is 44.2 Å². The SMILES string of the molecule is CCN(CC)S(=O)(=O)NC1CCCc2nc(-c3ccccc3)ncc21. The maximum Gasteiger partial charge on any atom is 0.279 e. The molecule has 3 rings (SSSR count). The summed E-state index contributed by atoms with van der Waals surface area (Å²) in [5.41, 5.74) is 2.80. The summed E-state index contributed by atoms with van der Waals surface area (Å²) < 4.78 is 29.3. The Hall–Kier alpha value is -1.83. The molecule has 1 atom stereocenters. The zero-order chi connectivity index (χ0) is 17.9. The van der Waals surface area contributed by atoms with Crippen molar-refractivity contribution < 1.29 is 8.42 Å². The van der Waals surface area contributed by atoms with Crippen LogP contribution in [0.4, 0.5) is 0 Å². The molecule has 0 saturated carbocycles. The predicted octanol–water partition coefficient (Wildman–Crippen LogP) is 2.70. The molecular weight excluding hydrogens is 336 g/mol. The highest BCUT2D eigenvalue weighted by Gasteiger charge is 2.28. The summed E-state index contributed by atoms with van der Waals surface area (Å²) in [6.45, 7) is 4.59. The van der Waals surface area contributed by atoms with Gasteiger partial charge in [-0.25, -0.2) is 9.97 Å². The van der Waals surface area contributed by atoms with E-state index < -0.39 is 10.2 Å². The Morgan fingerprint density at radius 2 is 1.92 bits per heavy atom. The fourth-order valence-corrected chi connectivity index (χ4v) is 4.65. The molecular formula is C18H24N4O2S. The van der Waals surface area contributed by atoms with Crippen LogP contribution in [0.1, 0.15) is 44.0 Å². The van der Waals surface area contributed by atoms with Crippen molar-refractivity contribution in [1.82, 2.24) is 19.0 Å². The largest absolute Gasteiger partial charge is 0.279 e. The van der Waals surface area contributed by atoms with Crippen LogP contribution in [-0.2, 0) is 16.6 Å². The van der Waals surface area contributed by atoms with Gasteiger partial charge in [0.1, 0.15) is 0 Å². The minimum atomic E-state index is -3.50. The van der Waals surface area contributed by atoms with E-state index >= 15 is 0 Å². The van der Waals surface area contributed by atoms with E-state index in [1.807, 2.05) is 44.2 Å². The standard InChI is InChI=1S/C18H24N4O2S/c1-3-22(4-2)25(23,24)21-17-12-8-11-16-15(17)13-19-18(20-16)14-9-6-5-7-10-14/h5-7,9-10,13,17,21H,3-4,8,11-12H2,1-2H3. The van der Waals surface area contributed by atoms with Crippen molar-refractivity contribution in [3.63, 3.8) is 0 Å². The van der Waals surface area contributed by atoms with Crippen LogP contribution in [0.15, 0.2) is 36.5 Å². The van der Waals surface area contributed by atoms with E-state index in [1.54, 1.807) is 6.20 Å². The van der Waals surface area contributed by atoms with Gasteiger partial charge in [-0.2, -0.15) is 17.4 Å². The second kappa shape index (κ2) is 7.59. The maximum absolute atomic E-state index is 12.5. The monoisotopic (exact) mass is 360 g/mol.